The number of halogens is 3. The van der Waals surface area contributed by atoms with E-state index >= 15 is 0 Å². The number of primary sulfonamides is 1. The topological polar surface area (TPSA) is 106 Å². The van der Waals surface area contributed by atoms with E-state index < -0.39 is 27.7 Å². The second-order valence-electron chi connectivity index (χ2n) is 7.18. The molecule has 1 amide bonds. The number of benzene rings is 2. The van der Waals surface area contributed by atoms with Gasteiger partial charge in [0.05, 0.1) is 27.4 Å². The summed E-state index contributed by atoms with van der Waals surface area (Å²) in [7, 11) is -3.82. The first-order chi connectivity index (χ1) is 15.4. The fourth-order valence-corrected chi connectivity index (χ4v) is 3.73. The number of alkyl halides is 3. The molecule has 0 spiro atoms. The Morgan fingerprint density at radius 3 is 2.39 bits per heavy atom. The summed E-state index contributed by atoms with van der Waals surface area (Å²) < 4.78 is 67.5. The zero-order valence-corrected chi connectivity index (χ0v) is 17.8. The zero-order chi connectivity index (χ0) is 24.0. The predicted molar refractivity (Wildman–Crippen MR) is 116 cm³/mol. The number of hydrazone groups is 1. The fourth-order valence-electron chi connectivity index (χ4n) is 3.21. The molecular weight excluding hydrogens is 459 g/mol. The van der Waals surface area contributed by atoms with Crippen molar-refractivity contribution in [2.75, 3.05) is 5.01 Å². The SMILES string of the molecule is CC1=NN(c2cccc(C(F)(F)F)c2)C(=O)/C1=C/c1ccc(-c2ccc(S(N)(=O)=O)cc2)o1. The summed E-state index contributed by atoms with van der Waals surface area (Å²) in [5.74, 6) is 0.129. The van der Waals surface area contributed by atoms with Crippen LogP contribution in [-0.2, 0) is 21.0 Å². The summed E-state index contributed by atoms with van der Waals surface area (Å²) in [6.45, 7) is 1.56. The average molecular weight is 475 g/mol. The van der Waals surface area contributed by atoms with Crippen molar-refractivity contribution in [1.82, 2.24) is 0 Å². The maximum Gasteiger partial charge on any atom is 0.416 e. The minimum absolute atomic E-state index is 0.00680. The third-order valence-corrected chi connectivity index (χ3v) is 5.79. The molecule has 3 aromatic rings. The van der Waals surface area contributed by atoms with Gasteiger partial charge in [0.25, 0.3) is 5.91 Å². The van der Waals surface area contributed by atoms with Crippen molar-refractivity contribution in [3.05, 3.63) is 77.6 Å². The van der Waals surface area contributed by atoms with Crippen LogP contribution < -0.4 is 10.1 Å². The Hall–Kier alpha value is -3.70. The van der Waals surface area contributed by atoms with Gasteiger partial charge in [0.15, 0.2) is 0 Å². The summed E-state index contributed by atoms with van der Waals surface area (Å²) in [6.07, 6.45) is -3.11. The van der Waals surface area contributed by atoms with E-state index in [1.807, 2.05) is 0 Å². The molecule has 0 bridgehead atoms. The summed E-state index contributed by atoms with van der Waals surface area (Å²) in [6, 6.07) is 13.3. The van der Waals surface area contributed by atoms with Crippen molar-refractivity contribution in [3.63, 3.8) is 0 Å². The van der Waals surface area contributed by atoms with E-state index in [9.17, 15) is 26.4 Å². The molecule has 2 heterocycles. The smallest absolute Gasteiger partial charge is 0.416 e. The van der Waals surface area contributed by atoms with Crippen LogP contribution in [-0.4, -0.2) is 20.0 Å². The lowest BCUT2D eigenvalue weighted by Gasteiger charge is -2.14. The highest BCUT2D eigenvalue weighted by molar-refractivity contribution is 7.89. The summed E-state index contributed by atoms with van der Waals surface area (Å²) in [5, 5.41) is 10.1. The Bertz CT molecular complexity index is 1410. The van der Waals surface area contributed by atoms with Gasteiger partial charge in [-0.05, 0) is 67.6 Å². The Kier molecular flexibility index (Phi) is 5.46. The Morgan fingerprint density at radius 2 is 1.76 bits per heavy atom. The molecule has 0 saturated carbocycles. The van der Waals surface area contributed by atoms with E-state index in [2.05, 4.69) is 5.10 Å². The molecule has 0 unspecified atom stereocenters. The Labute approximate surface area is 186 Å². The number of hydrogen-bond donors (Lipinski definition) is 1. The van der Waals surface area contributed by atoms with Gasteiger partial charge in [-0.2, -0.15) is 23.3 Å². The van der Waals surface area contributed by atoms with Crippen molar-refractivity contribution >= 4 is 33.4 Å². The molecule has 11 heteroatoms. The van der Waals surface area contributed by atoms with Gasteiger partial charge in [-0.3, -0.25) is 4.79 Å². The van der Waals surface area contributed by atoms with E-state index in [1.165, 1.54) is 42.5 Å². The molecule has 0 saturated heterocycles. The molecule has 33 heavy (non-hydrogen) atoms. The van der Waals surface area contributed by atoms with Gasteiger partial charge in [-0.25, -0.2) is 13.6 Å². The van der Waals surface area contributed by atoms with Crippen LogP contribution in [0.4, 0.5) is 18.9 Å². The van der Waals surface area contributed by atoms with Crippen molar-refractivity contribution in [2.24, 2.45) is 10.2 Å². The molecule has 7 nitrogen and oxygen atoms in total. The van der Waals surface area contributed by atoms with Gasteiger partial charge >= 0.3 is 6.18 Å². The molecule has 2 aromatic carbocycles. The number of sulfonamides is 1. The van der Waals surface area contributed by atoms with Gasteiger partial charge in [0, 0.05) is 5.56 Å². The molecule has 170 valence electrons. The van der Waals surface area contributed by atoms with Crippen LogP contribution in [0, 0.1) is 0 Å². The van der Waals surface area contributed by atoms with Gasteiger partial charge in [0.2, 0.25) is 10.0 Å². The lowest BCUT2D eigenvalue weighted by molar-refractivity contribution is -0.137. The molecule has 4 rings (SSSR count). The molecule has 1 aromatic heterocycles. The number of nitrogens with two attached hydrogens (primary N) is 1. The first-order valence-corrected chi connectivity index (χ1v) is 11.0. The first-order valence-electron chi connectivity index (χ1n) is 9.45. The number of nitrogens with zero attached hydrogens (tertiary/aromatic N) is 2. The molecule has 1 aliphatic rings. The van der Waals surface area contributed by atoms with Crippen LogP contribution in [0.25, 0.3) is 17.4 Å². The van der Waals surface area contributed by atoms with E-state index in [0.29, 0.717) is 22.8 Å². The van der Waals surface area contributed by atoms with E-state index in [0.717, 1.165) is 17.1 Å². The van der Waals surface area contributed by atoms with Crippen LogP contribution in [0.5, 0.6) is 0 Å². The summed E-state index contributed by atoms with van der Waals surface area (Å²) >= 11 is 0. The molecule has 0 radical (unpaired) electrons. The van der Waals surface area contributed by atoms with Crippen LogP contribution in [0.2, 0.25) is 0 Å². The van der Waals surface area contributed by atoms with E-state index in [1.54, 1.807) is 19.1 Å². The number of carbonyl (C=O) groups excluding carboxylic acids is 1. The molecule has 2 N–H and O–H groups in total. The fraction of sp³-hybridized carbons (Fsp3) is 0.0909. The minimum atomic E-state index is -4.55. The summed E-state index contributed by atoms with van der Waals surface area (Å²) in [5.41, 5.74) is 0.168. The average Bonchev–Trinajstić information content (AvgIpc) is 3.33. The third kappa shape index (κ3) is 4.59. The van der Waals surface area contributed by atoms with Crippen LogP contribution in [0.1, 0.15) is 18.2 Å². The molecular formula is C22H16F3N3O4S. The molecule has 0 fully saturated rings. The summed E-state index contributed by atoms with van der Waals surface area (Å²) in [4.78, 5) is 12.8. The lowest BCUT2D eigenvalue weighted by Crippen LogP contribution is -2.21. The lowest BCUT2D eigenvalue weighted by atomic mass is 10.1. The van der Waals surface area contributed by atoms with Gasteiger partial charge in [-0.15, -0.1) is 0 Å². The minimum Gasteiger partial charge on any atom is -0.457 e. The Morgan fingerprint density at radius 1 is 1.06 bits per heavy atom. The largest absolute Gasteiger partial charge is 0.457 e. The second-order valence-corrected chi connectivity index (χ2v) is 8.74. The number of furan rings is 1. The maximum atomic E-state index is 13.0. The maximum absolute atomic E-state index is 13.0. The standard InChI is InChI=1S/C22H16F3N3O4S/c1-13-19(21(29)28(27-13)16-4-2-3-15(11-16)22(23,24)25)12-17-7-10-20(32-17)14-5-8-18(9-6-14)33(26,30)31/h2-12H,1H3,(H2,26,30,31)/b19-12+. The van der Waals surface area contributed by atoms with Crippen molar-refractivity contribution in [3.8, 4) is 11.3 Å². The van der Waals surface area contributed by atoms with Gasteiger partial charge < -0.3 is 4.42 Å². The number of anilines is 1. The van der Waals surface area contributed by atoms with Crippen LogP contribution in [0.3, 0.4) is 0 Å². The van der Waals surface area contributed by atoms with E-state index in [4.69, 9.17) is 9.56 Å². The van der Waals surface area contributed by atoms with Crippen molar-refractivity contribution in [2.45, 2.75) is 18.0 Å². The third-order valence-electron chi connectivity index (χ3n) is 4.86. The monoisotopic (exact) mass is 475 g/mol. The van der Waals surface area contributed by atoms with Crippen molar-refractivity contribution in [1.29, 1.82) is 0 Å². The quantitative estimate of drug-likeness (QED) is 0.564. The van der Waals surface area contributed by atoms with E-state index in [-0.39, 0.29) is 16.2 Å². The molecule has 0 aliphatic carbocycles. The molecule has 0 atom stereocenters. The highest BCUT2D eigenvalue weighted by atomic mass is 32.2. The van der Waals surface area contributed by atoms with Crippen LogP contribution in [0.15, 0.2) is 80.7 Å². The predicted octanol–water partition coefficient (Wildman–Crippen LogP) is 4.42. The first kappa shape index (κ1) is 22.5. The molecule has 1 aliphatic heterocycles. The van der Waals surface area contributed by atoms with Crippen LogP contribution >= 0.6 is 0 Å². The Balaban J connectivity index is 1.59. The highest BCUT2D eigenvalue weighted by Gasteiger charge is 2.33. The number of rotatable bonds is 4. The van der Waals surface area contributed by atoms with Gasteiger partial charge in [-0.1, -0.05) is 6.07 Å². The van der Waals surface area contributed by atoms with Gasteiger partial charge in [0.1, 0.15) is 11.5 Å². The van der Waals surface area contributed by atoms with Crippen molar-refractivity contribution < 1.29 is 30.8 Å². The second kappa shape index (κ2) is 8.01. The number of amides is 1. The normalized spacial score (nSPS) is 15.9. The highest BCUT2D eigenvalue weighted by Crippen LogP contribution is 2.33. The number of hydrogen-bond acceptors (Lipinski definition) is 5. The zero-order valence-electron chi connectivity index (χ0n) is 17.0. The number of carbonyl (C=O) groups is 1.